The van der Waals surface area contributed by atoms with E-state index in [0.29, 0.717) is 0 Å². The van der Waals surface area contributed by atoms with Crippen molar-refractivity contribution in [1.29, 1.82) is 0 Å². The van der Waals surface area contributed by atoms with Gasteiger partial charge in [-0.3, -0.25) is 0 Å². The van der Waals surface area contributed by atoms with Crippen LogP contribution < -0.4 is 4.90 Å². The van der Waals surface area contributed by atoms with Crippen LogP contribution >= 0.6 is 31.9 Å². The summed E-state index contributed by atoms with van der Waals surface area (Å²) in [7, 11) is 0. The van der Waals surface area contributed by atoms with Gasteiger partial charge in [-0.15, -0.1) is 0 Å². The molecule has 0 unspecified atom stereocenters. The van der Waals surface area contributed by atoms with E-state index in [1.807, 2.05) is 0 Å². The number of halogens is 2. The molecule has 2 aliphatic rings. The topological polar surface area (TPSA) is 6.48 Å². The van der Waals surface area contributed by atoms with Crippen molar-refractivity contribution in [1.82, 2.24) is 4.90 Å². The number of rotatable bonds is 3. The first-order chi connectivity index (χ1) is 10.3. The number of anilines is 1. The first-order valence-electron chi connectivity index (χ1n) is 8.11. The maximum absolute atomic E-state index is 3.68. The summed E-state index contributed by atoms with van der Waals surface area (Å²) < 4.78 is 1.22. The van der Waals surface area contributed by atoms with Gasteiger partial charge in [0.2, 0.25) is 0 Å². The number of benzene rings is 1. The molecule has 0 radical (unpaired) electrons. The molecule has 4 heteroatoms. The van der Waals surface area contributed by atoms with E-state index in [-0.39, 0.29) is 0 Å². The van der Waals surface area contributed by atoms with Gasteiger partial charge in [-0.25, -0.2) is 0 Å². The molecule has 0 bridgehead atoms. The van der Waals surface area contributed by atoms with Crippen LogP contribution in [0.15, 0.2) is 22.7 Å². The van der Waals surface area contributed by atoms with Gasteiger partial charge in [0.25, 0.3) is 0 Å². The van der Waals surface area contributed by atoms with Crippen LogP contribution in [0.2, 0.25) is 0 Å². The Kier molecular flexibility index (Phi) is 5.63. The van der Waals surface area contributed by atoms with Crippen molar-refractivity contribution in [2.75, 3.05) is 31.1 Å². The zero-order valence-electron chi connectivity index (χ0n) is 12.5. The highest BCUT2D eigenvalue weighted by atomic mass is 79.9. The van der Waals surface area contributed by atoms with Crippen molar-refractivity contribution in [3.63, 3.8) is 0 Å². The molecule has 116 valence electrons. The standard InChI is InChI=1S/C17H24Br2N2/c18-13-14-4-5-16(12-17(14)19)21-10-6-15(7-11-21)20-8-2-1-3-9-20/h4-5,12,15H,1-3,6-11,13H2. The minimum absolute atomic E-state index is 0.826. The predicted octanol–water partition coefficient (Wildman–Crippen LogP) is 4.80. The second kappa shape index (κ2) is 7.47. The maximum Gasteiger partial charge on any atom is 0.0377 e. The van der Waals surface area contributed by atoms with Crippen LogP contribution in [0, 0.1) is 0 Å². The third kappa shape index (κ3) is 3.83. The van der Waals surface area contributed by atoms with E-state index < -0.39 is 0 Å². The van der Waals surface area contributed by atoms with Crippen LogP contribution in [0.1, 0.15) is 37.7 Å². The Morgan fingerprint density at radius 2 is 1.71 bits per heavy atom. The molecule has 0 aliphatic carbocycles. The third-order valence-corrected chi connectivity index (χ3v) is 6.26. The third-order valence-electron chi connectivity index (χ3n) is 4.92. The molecule has 2 aliphatic heterocycles. The summed E-state index contributed by atoms with van der Waals surface area (Å²) in [6, 6.07) is 7.59. The average Bonchev–Trinajstić information content (AvgIpc) is 2.56. The molecule has 0 aromatic heterocycles. The number of hydrogen-bond acceptors (Lipinski definition) is 2. The van der Waals surface area contributed by atoms with E-state index in [2.05, 4.69) is 59.9 Å². The monoisotopic (exact) mass is 414 g/mol. The average molecular weight is 416 g/mol. The van der Waals surface area contributed by atoms with Gasteiger partial charge in [0, 0.05) is 34.6 Å². The predicted molar refractivity (Wildman–Crippen MR) is 97.4 cm³/mol. The summed E-state index contributed by atoms with van der Waals surface area (Å²) in [4.78, 5) is 5.29. The molecule has 0 N–H and O–H groups in total. The fraction of sp³-hybridized carbons (Fsp3) is 0.647. The number of nitrogens with zero attached hydrogens (tertiary/aromatic N) is 2. The Balaban J connectivity index is 1.58. The molecule has 3 rings (SSSR count). The first kappa shape index (κ1) is 15.8. The fourth-order valence-corrected chi connectivity index (χ4v) is 4.99. The highest BCUT2D eigenvalue weighted by Gasteiger charge is 2.25. The van der Waals surface area contributed by atoms with Crippen molar-refractivity contribution in [2.45, 2.75) is 43.5 Å². The lowest BCUT2D eigenvalue weighted by Gasteiger charge is -2.41. The lowest BCUT2D eigenvalue weighted by molar-refractivity contribution is 0.141. The van der Waals surface area contributed by atoms with E-state index in [0.717, 1.165) is 11.4 Å². The number of piperidine rings is 2. The molecule has 2 saturated heterocycles. The summed E-state index contributed by atoms with van der Waals surface area (Å²) in [5, 5.41) is 0.908. The molecule has 0 spiro atoms. The lowest BCUT2D eigenvalue weighted by Crippen LogP contribution is -2.46. The van der Waals surface area contributed by atoms with Crippen LogP contribution in [-0.2, 0) is 5.33 Å². The van der Waals surface area contributed by atoms with Crippen LogP contribution in [0.3, 0.4) is 0 Å². The lowest BCUT2D eigenvalue weighted by atomic mass is 9.99. The Morgan fingerprint density at radius 3 is 2.33 bits per heavy atom. The first-order valence-corrected chi connectivity index (χ1v) is 10.0. The van der Waals surface area contributed by atoms with E-state index in [1.54, 1.807) is 0 Å². The molecule has 2 heterocycles. The van der Waals surface area contributed by atoms with E-state index in [4.69, 9.17) is 0 Å². The summed E-state index contributed by atoms with van der Waals surface area (Å²) in [6.07, 6.45) is 6.88. The van der Waals surface area contributed by atoms with Gasteiger partial charge in [-0.2, -0.15) is 0 Å². The van der Waals surface area contributed by atoms with Crippen molar-refractivity contribution < 1.29 is 0 Å². The van der Waals surface area contributed by atoms with Gasteiger partial charge in [0.15, 0.2) is 0 Å². The van der Waals surface area contributed by atoms with E-state index in [1.165, 1.54) is 74.0 Å². The zero-order valence-corrected chi connectivity index (χ0v) is 15.7. The van der Waals surface area contributed by atoms with Crippen molar-refractivity contribution in [2.24, 2.45) is 0 Å². The van der Waals surface area contributed by atoms with Gasteiger partial charge in [0.05, 0.1) is 0 Å². The molecular formula is C17H24Br2N2. The minimum Gasteiger partial charge on any atom is -0.371 e. The Labute approximate surface area is 145 Å². The molecule has 21 heavy (non-hydrogen) atoms. The van der Waals surface area contributed by atoms with Crippen molar-refractivity contribution in [3.8, 4) is 0 Å². The summed E-state index contributed by atoms with van der Waals surface area (Å²) in [5.41, 5.74) is 2.69. The van der Waals surface area contributed by atoms with Crippen LogP contribution in [0.5, 0.6) is 0 Å². The maximum atomic E-state index is 3.68. The number of alkyl halides is 1. The smallest absolute Gasteiger partial charge is 0.0377 e. The van der Waals surface area contributed by atoms with Crippen molar-refractivity contribution >= 4 is 37.5 Å². The molecule has 1 aromatic carbocycles. The second-order valence-corrected chi connectivity index (χ2v) is 7.64. The molecule has 2 nitrogen and oxygen atoms in total. The minimum atomic E-state index is 0.826. The van der Waals surface area contributed by atoms with Crippen LogP contribution in [0.4, 0.5) is 5.69 Å². The Morgan fingerprint density at radius 1 is 1.00 bits per heavy atom. The Bertz CT molecular complexity index is 464. The molecule has 0 saturated carbocycles. The van der Waals surface area contributed by atoms with E-state index in [9.17, 15) is 0 Å². The molecule has 0 atom stereocenters. The molecule has 2 fully saturated rings. The van der Waals surface area contributed by atoms with Gasteiger partial charge in [-0.1, -0.05) is 44.3 Å². The largest absolute Gasteiger partial charge is 0.371 e. The van der Waals surface area contributed by atoms with Gasteiger partial charge < -0.3 is 9.80 Å². The summed E-state index contributed by atoms with van der Waals surface area (Å²) in [6.45, 7) is 5.05. The Hall–Kier alpha value is -0.0600. The van der Waals surface area contributed by atoms with E-state index >= 15 is 0 Å². The SMILES string of the molecule is BrCc1ccc(N2CCC(N3CCCCC3)CC2)cc1Br. The zero-order chi connectivity index (χ0) is 14.7. The normalized spacial score (nSPS) is 21.7. The summed E-state index contributed by atoms with van der Waals surface area (Å²) >= 11 is 7.22. The molecular weight excluding hydrogens is 392 g/mol. The van der Waals surface area contributed by atoms with Crippen molar-refractivity contribution in [3.05, 3.63) is 28.2 Å². The molecule has 0 amide bonds. The second-order valence-electron chi connectivity index (χ2n) is 6.22. The highest BCUT2D eigenvalue weighted by molar-refractivity contribution is 9.10. The highest BCUT2D eigenvalue weighted by Crippen LogP contribution is 2.29. The fourth-order valence-electron chi connectivity index (χ4n) is 3.61. The van der Waals surface area contributed by atoms with Crippen LogP contribution in [-0.4, -0.2) is 37.1 Å². The quantitative estimate of drug-likeness (QED) is 0.654. The molecule has 1 aromatic rings. The van der Waals surface area contributed by atoms with Gasteiger partial charge >= 0.3 is 0 Å². The van der Waals surface area contributed by atoms with Gasteiger partial charge in [-0.05, 0) is 56.5 Å². The number of hydrogen-bond donors (Lipinski definition) is 0. The summed E-state index contributed by atoms with van der Waals surface area (Å²) in [5.74, 6) is 0. The van der Waals surface area contributed by atoms with Crippen LogP contribution in [0.25, 0.3) is 0 Å². The number of likely N-dealkylation sites (tertiary alicyclic amines) is 1. The van der Waals surface area contributed by atoms with Gasteiger partial charge in [0.1, 0.15) is 0 Å².